The van der Waals surface area contributed by atoms with Gasteiger partial charge in [0.15, 0.2) is 0 Å². The number of hydrogen-bond donors (Lipinski definition) is 1. The van der Waals surface area contributed by atoms with E-state index in [0.717, 1.165) is 30.2 Å². The molecule has 1 aromatic heterocycles. The molecule has 1 aliphatic heterocycles. The van der Waals surface area contributed by atoms with Crippen LogP contribution in [0.1, 0.15) is 17.1 Å². The van der Waals surface area contributed by atoms with Crippen LogP contribution in [0.2, 0.25) is 0 Å². The molecule has 1 N–H and O–H groups in total. The second kappa shape index (κ2) is 3.37. The van der Waals surface area contributed by atoms with Crippen molar-refractivity contribution in [2.75, 3.05) is 13.1 Å². The van der Waals surface area contributed by atoms with Gasteiger partial charge in [-0.15, -0.1) is 11.3 Å². The molecule has 0 amide bonds. The van der Waals surface area contributed by atoms with Crippen LogP contribution in [-0.4, -0.2) is 18.1 Å². The lowest BCUT2D eigenvalue weighted by Gasteiger charge is -2.11. The summed E-state index contributed by atoms with van der Waals surface area (Å²) in [5, 5.41) is 6.62. The zero-order chi connectivity index (χ0) is 8.39. The first-order chi connectivity index (χ1) is 5.86. The molecular weight excluding hydrogens is 168 g/mol. The lowest BCUT2D eigenvalue weighted by Crippen LogP contribution is -2.21. The quantitative estimate of drug-likeness (QED) is 0.713. The highest BCUT2D eigenvalue weighted by atomic mass is 32.1. The second-order valence-corrected chi connectivity index (χ2v) is 4.01. The first-order valence-electron chi connectivity index (χ1n) is 4.18. The minimum absolute atomic E-state index is 0.975. The van der Waals surface area contributed by atoms with E-state index >= 15 is 0 Å². The van der Waals surface area contributed by atoms with Gasteiger partial charge in [-0.25, -0.2) is 4.98 Å². The molecule has 2 rings (SSSR count). The Hall–Kier alpha value is -0.670. The molecule has 12 heavy (non-hydrogen) atoms. The summed E-state index contributed by atoms with van der Waals surface area (Å²) < 4.78 is 0. The topological polar surface area (TPSA) is 24.9 Å². The molecule has 0 atom stereocenters. The van der Waals surface area contributed by atoms with Gasteiger partial charge in [0.25, 0.3) is 0 Å². The predicted octanol–water partition coefficient (Wildman–Crippen LogP) is 1.83. The van der Waals surface area contributed by atoms with Gasteiger partial charge in [-0.3, -0.25) is 0 Å². The minimum atomic E-state index is 0.975. The molecule has 1 aliphatic rings. The van der Waals surface area contributed by atoms with Crippen molar-refractivity contribution < 1.29 is 0 Å². The van der Waals surface area contributed by atoms with Gasteiger partial charge in [0.2, 0.25) is 0 Å². The summed E-state index contributed by atoms with van der Waals surface area (Å²) in [6.07, 6.45) is 3.41. The van der Waals surface area contributed by atoms with E-state index in [9.17, 15) is 0 Å². The summed E-state index contributed by atoms with van der Waals surface area (Å²) in [6, 6.07) is 0. The van der Waals surface area contributed by atoms with Crippen molar-refractivity contribution in [3.63, 3.8) is 0 Å². The third-order valence-corrected chi connectivity index (χ3v) is 2.75. The highest BCUT2D eigenvalue weighted by molar-refractivity contribution is 7.09. The average Bonchev–Trinajstić information content (AvgIpc) is 2.54. The molecule has 0 saturated heterocycles. The van der Waals surface area contributed by atoms with Crippen LogP contribution in [0.4, 0.5) is 0 Å². The van der Waals surface area contributed by atoms with Crippen LogP contribution in [0.15, 0.2) is 11.5 Å². The summed E-state index contributed by atoms with van der Waals surface area (Å²) in [5.74, 6) is 0. The maximum Gasteiger partial charge on any atom is 0.0901 e. The van der Waals surface area contributed by atoms with Gasteiger partial charge < -0.3 is 5.32 Å². The summed E-state index contributed by atoms with van der Waals surface area (Å²) in [6.45, 7) is 4.13. The molecule has 2 heterocycles. The molecule has 64 valence electrons. The third kappa shape index (κ3) is 1.57. The van der Waals surface area contributed by atoms with Crippen molar-refractivity contribution in [1.29, 1.82) is 0 Å². The number of aryl methyl sites for hydroxylation is 1. The van der Waals surface area contributed by atoms with Gasteiger partial charge in [0.05, 0.1) is 10.7 Å². The van der Waals surface area contributed by atoms with E-state index in [4.69, 9.17) is 0 Å². The van der Waals surface area contributed by atoms with Crippen molar-refractivity contribution in [3.05, 3.63) is 22.2 Å². The number of nitrogens with one attached hydrogen (secondary N) is 1. The molecule has 0 radical (unpaired) electrons. The maximum absolute atomic E-state index is 4.44. The van der Waals surface area contributed by atoms with E-state index in [1.165, 1.54) is 5.57 Å². The number of rotatable bonds is 1. The van der Waals surface area contributed by atoms with Gasteiger partial charge in [0, 0.05) is 11.9 Å². The van der Waals surface area contributed by atoms with E-state index in [0.29, 0.717) is 0 Å². The fraction of sp³-hybridized carbons (Fsp3) is 0.444. The van der Waals surface area contributed by atoms with Gasteiger partial charge >= 0.3 is 0 Å². The van der Waals surface area contributed by atoms with Crippen LogP contribution in [0.3, 0.4) is 0 Å². The third-order valence-electron chi connectivity index (χ3n) is 1.98. The monoisotopic (exact) mass is 180 g/mol. The van der Waals surface area contributed by atoms with Gasteiger partial charge in [-0.05, 0) is 25.5 Å². The average molecular weight is 180 g/mol. The highest BCUT2D eigenvalue weighted by Crippen LogP contribution is 2.18. The molecule has 0 aromatic carbocycles. The maximum atomic E-state index is 4.44. The fourth-order valence-corrected chi connectivity index (χ4v) is 1.99. The molecule has 0 fully saturated rings. The zero-order valence-corrected chi connectivity index (χ0v) is 7.95. The van der Waals surface area contributed by atoms with E-state index in [2.05, 4.69) is 21.8 Å². The molecule has 0 aliphatic carbocycles. The number of thiazole rings is 1. The van der Waals surface area contributed by atoms with Crippen molar-refractivity contribution in [1.82, 2.24) is 10.3 Å². The lowest BCUT2D eigenvalue weighted by molar-refractivity contribution is 0.737. The molecule has 0 bridgehead atoms. The zero-order valence-electron chi connectivity index (χ0n) is 7.13. The molecule has 2 nitrogen and oxygen atoms in total. The summed E-state index contributed by atoms with van der Waals surface area (Å²) in [5.41, 5.74) is 2.51. The molecular formula is C9H12N2S. The SMILES string of the molecule is Cc1nc(C2=CCCNC2)cs1. The Morgan fingerprint density at radius 1 is 1.58 bits per heavy atom. The number of hydrogen-bond acceptors (Lipinski definition) is 3. The Morgan fingerprint density at radius 2 is 2.50 bits per heavy atom. The van der Waals surface area contributed by atoms with Gasteiger partial charge in [-0.2, -0.15) is 0 Å². The minimum Gasteiger partial charge on any atom is -0.312 e. The molecule has 1 aromatic rings. The molecule has 0 saturated carbocycles. The van der Waals surface area contributed by atoms with Crippen molar-refractivity contribution in [3.8, 4) is 0 Å². The van der Waals surface area contributed by atoms with Gasteiger partial charge in [-0.1, -0.05) is 6.08 Å². The van der Waals surface area contributed by atoms with Crippen molar-refractivity contribution >= 4 is 16.9 Å². The Morgan fingerprint density at radius 3 is 3.08 bits per heavy atom. The molecule has 0 spiro atoms. The van der Waals surface area contributed by atoms with Crippen molar-refractivity contribution in [2.45, 2.75) is 13.3 Å². The fourth-order valence-electron chi connectivity index (χ4n) is 1.35. The van der Waals surface area contributed by atoms with E-state index in [1.54, 1.807) is 11.3 Å². The van der Waals surface area contributed by atoms with Crippen LogP contribution in [0, 0.1) is 6.92 Å². The highest BCUT2D eigenvalue weighted by Gasteiger charge is 2.07. The Kier molecular flexibility index (Phi) is 2.23. The molecule has 3 heteroatoms. The van der Waals surface area contributed by atoms with Crippen LogP contribution >= 0.6 is 11.3 Å². The second-order valence-electron chi connectivity index (χ2n) is 2.95. The van der Waals surface area contributed by atoms with Crippen LogP contribution in [0.25, 0.3) is 5.57 Å². The van der Waals surface area contributed by atoms with Crippen LogP contribution in [0.5, 0.6) is 0 Å². The van der Waals surface area contributed by atoms with Crippen LogP contribution < -0.4 is 5.32 Å². The van der Waals surface area contributed by atoms with Gasteiger partial charge in [0.1, 0.15) is 0 Å². The Balaban J connectivity index is 2.23. The largest absolute Gasteiger partial charge is 0.312 e. The van der Waals surface area contributed by atoms with Crippen molar-refractivity contribution in [2.24, 2.45) is 0 Å². The summed E-state index contributed by atoms with van der Waals surface area (Å²) in [7, 11) is 0. The normalized spacial score (nSPS) is 17.6. The first kappa shape index (κ1) is 7.95. The summed E-state index contributed by atoms with van der Waals surface area (Å²) >= 11 is 1.72. The summed E-state index contributed by atoms with van der Waals surface area (Å²) in [4.78, 5) is 4.44. The standard InChI is InChI=1S/C9H12N2S/c1-7-11-9(6-12-7)8-3-2-4-10-5-8/h3,6,10H,2,4-5H2,1H3. The van der Waals surface area contributed by atoms with E-state index in [-0.39, 0.29) is 0 Å². The predicted molar refractivity (Wildman–Crippen MR) is 52.3 cm³/mol. The van der Waals surface area contributed by atoms with E-state index in [1.807, 2.05) is 6.92 Å². The number of nitrogens with zero attached hydrogens (tertiary/aromatic N) is 1. The lowest BCUT2D eigenvalue weighted by atomic mass is 10.1. The number of aromatic nitrogens is 1. The van der Waals surface area contributed by atoms with E-state index < -0.39 is 0 Å². The molecule has 0 unspecified atom stereocenters. The first-order valence-corrected chi connectivity index (χ1v) is 5.06. The smallest absolute Gasteiger partial charge is 0.0901 e. The van der Waals surface area contributed by atoms with Crippen LogP contribution in [-0.2, 0) is 0 Å². The Labute approximate surface area is 76.3 Å². The Bertz CT molecular complexity index is 301.